The molecule has 0 bridgehead atoms. The molecule has 0 saturated carbocycles. The van der Waals surface area contributed by atoms with Crippen molar-refractivity contribution in [1.82, 2.24) is 0 Å². The van der Waals surface area contributed by atoms with Gasteiger partial charge >= 0.3 is 24.3 Å². The first-order valence-corrected chi connectivity index (χ1v) is 3.90. The monoisotopic (exact) mass is 298 g/mol. The molecule has 0 aliphatic heterocycles. The molecule has 4 N–H and O–H groups in total. The molecular weight excluding hydrogens is 290 g/mol. The van der Waals surface area contributed by atoms with Crippen molar-refractivity contribution >= 4 is 0 Å². The zero-order valence-corrected chi connectivity index (χ0v) is 8.35. The maximum atomic E-state index is 11.4. The number of rotatable bonds is 2. The molecule has 2 nitrogen and oxygen atoms in total. The van der Waals surface area contributed by atoms with Gasteiger partial charge in [-0.15, -0.1) is 0 Å². The quantitative estimate of drug-likeness (QED) is 0.608. The molecule has 0 amide bonds. The molecule has 0 saturated heterocycles. The molecule has 0 fully saturated rings. The van der Waals surface area contributed by atoms with E-state index >= 15 is 0 Å². The Morgan fingerprint density at radius 3 is 1.06 bits per heavy atom. The van der Waals surface area contributed by atoms with Gasteiger partial charge in [0.2, 0.25) is 0 Å². The topological polar surface area (TPSA) is 52.0 Å². The molecule has 18 heavy (non-hydrogen) atoms. The van der Waals surface area contributed by atoms with Gasteiger partial charge in [0, 0.05) is 0 Å². The molecule has 0 rings (SSSR count). The predicted octanol–water partition coefficient (Wildman–Crippen LogP) is 2.63. The van der Waals surface area contributed by atoms with Gasteiger partial charge in [0.15, 0.2) is 0 Å². The van der Waals surface area contributed by atoms with Crippen molar-refractivity contribution in [2.45, 2.75) is 30.7 Å². The highest BCUT2D eigenvalue weighted by molar-refractivity contribution is 4.75. The average Bonchev–Trinajstić information content (AvgIpc) is 1.95. The molecule has 0 aliphatic carbocycles. The summed E-state index contributed by atoms with van der Waals surface area (Å²) in [5.74, 6) is -4.74. The molecule has 112 valence electrons. The van der Waals surface area contributed by atoms with Crippen LogP contribution in [0.25, 0.3) is 0 Å². The summed E-state index contributed by atoms with van der Waals surface area (Å²) in [7, 11) is 0. The molecular formula is C6H8F10N2. The smallest absolute Gasteiger partial charge is 0.325 e. The van der Waals surface area contributed by atoms with E-state index in [4.69, 9.17) is 0 Å². The maximum Gasteiger partial charge on any atom is 0.454 e. The zero-order valence-electron chi connectivity index (χ0n) is 8.35. The maximum absolute atomic E-state index is 11.4. The highest BCUT2D eigenvalue weighted by Gasteiger charge is 2.56. The minimum atomic E-state index is -5.51. The third-order valence-electron chi connectivity index (χ3n) is 1.11. The van der Waals surface area contributed by atoms with Crippen molar-refractivity contribution in [3.05, 3.63) is 0 Å². The second kappa shape index (κ2) is 5.91. The molecule has 0 aliphatic rings. The number of nitrogens with two attached hydrogens (primary N) is 2. The summed E-state index contributed by atoms with van der Waals surface area (Å²) < 4.78 is 111. The van der Waals surface area contributed by atoms with Crippen molar-refractivity contribution in [3.63, 3.8) is 0 Å². The average molecular weight is 298 g/mol. The van der Waals surface area contributed by atoms with Crippen LogP contribution in [0.3, 0.4) is 0 Å². The number of hydrogen-bond donors (Lipinski definition) is 2. The minimum Gasteiger partial charge on any atom is -0.325 e. The van der Waals surface area contributed by atoms with Crippen LogP contribution in [-0.2, 0) is 0 Å². The standard InChI is InChI=1S/2C3H4F5N/c4-2(5,1-9)3(6,7)8;4-2(5,6)1-3(7,8)9/h2*1,9H2. The van der Waals surface area contributed by atoms with E-state index in [1.807, 2.05) is 0 Å². The Hall–Kier alpha value is -0.780. The van der Waals surface area contributed by atoms with Gasteiger partial charge in [-0.1, -0.05) is 0 Å². The first-order valence-electron chi connectivity index (χ1n) is 3.90. The first kappa shape index (κ1) is 19.6. The van der Waals surface area contributed by atoms with E-state index < -0.39 is 37.3 Å². The van der Waals surface area contributed by atoms with E-state index in [2.05, 4.69) is 11.5 Å². The van der Waals surface area contributed by atoms with E-state index in [0.717, 1.165) is 0 Å². The van der Waals surface area contributed by atoms with E-state index in [1.165, 1.54) is 0 Å². The molecule has 0 unspecified atom stereocenters. The summed E-state index contributed by atoms with van der Waals surface area (Å²) in [6, 6.07) is -4.14. The first-order chi connectivity index (χ1) is 7.52. The van der Waals surface area contributed by atoms with E-state index in [1.54, 1.807) is 0 Å². The lowest BCUT2D eigenvalue weighted by atomic mass is 10.3. The van der Waals surface area contributed by atoms with Crippen LogP contribution in [0.15, 0.2) is 0 Å². The Labute approximate surface area is 93.9 Å². The molecule has 0 heterocycles. The predicted molar refractivity (Wildman–Crippen MR) is 39.9 cm³/mol. The Morgan fingerprint density at radius 2 is 1.06 bits per heavy atom. The highest BCUT2D eigenvalue weighted by atomic mass is 19.4. The summed E-state index contributed by atoms with van der Waals surface area (Å²) in [6.07, 6.45) is -12.7. The molecule has 12 heteroatoms. The second-order valence-electron chi connectivity index (χ2n) is 2.96. The minimum absolute atomic E-state index is 1.70. The van der Waals surface area contributed by atoms with Gasteiger partial charge < -0.3 is 5.73 Å². The third-order valence-corrected chi connectivity index (χ3v) is 1.11. The zero-order chi connectivity index (χ0) is 15.4. The summed E-state index contributed by atoms with van der Waals surface area (Å²) in [6.45, 7) is -1.70. The fraction of sp³-hybridized carbons (Fsp3) is 1.00. The van der Waals surface area contributed by atoms with E-state index in [-0.39, 0.29) is 0 Å². The lowest BCUT2D eigenvalue weighted by molar-refractivity contribution is -0.276. The van der Waals surface area contributed by atoms with Crippen LogP contribution in [0, 0.1) is 0 Å². The van der Waals surface area contributed by atoms with Crippen molar-refractivity contribution < 1.29 is 43.9 Å². The summed E-state index contributed by atoms with van der Waals surface area (Å²) in [5.41, 5.74) is 7.89. The van der Waals surface area contributed by atoms with Crippen molar-refractivity contribution in [3.8, 4) is 0 Å². The molecule has 0 atom stereocenters. The number of alkyl halides is 10. The Kier molecular flexibility index (Phi) is 6.42. The fourth-order valence-electron chi connectivity index (χ4n) is 0.383. The van der Waals surface area contributed by atoms with Crippen LogP contribution in [0.5, 0.6) is 0 Å². The van der Waals surface area contributed by atoms with Gasteiger partial charge in [-0.25, -0.2) is 0 Å². The SMILES string of the molecule is NC(F)(F)CC(F)(F)F.NCC(F)(F)C(F)(F)F. The van der Waals surface area contributed by atoms with Crippen LogP contribution in [-0.4, -0.2) is 30.9 Å². The molecule has 0 aromatic carbocycles. The summed E-state index contributed by atoms with van der Waals surface area (Å²) in [5, 5.41) is 0. The Balaban J connectivity index is 0. The summed E-state index contributed by atoms with van der Waals surface area (Å²) in [4.78, 5) is 0. The van der Waals surface area contributed by atoms with Crippen molar-refractivity contribution in [2.24, 2.45) is 11.5 Å². The lowest BCUT2D eigenvalue weighted by Crippen LogP contribution is -2.42. The van der Waals surface area contributed by atoms with Gasteiger partial charge in [0.25, 0.3) is 0 Å². The van der Waals surface area contributed by atoms with Gasteiger partial charge in [0.05, 0.1) is 6.54 Å². The van der Waals surface area contributed by atoms with Crippen LogP contribution in [0.1, 0.15) is 6.42 Å². The van der Waals surface area contributed by atoms with E-state index in [9.17, 15) is 43.9 Å². The normalized spacial score (nSPS) is 14.0. The van der Waals surface area contributed by atoms with Crippen LogP contribution in [0.4, 0.5) is 43.9 Å². The fourth-order valence-corrected chi connectivity index (χ4v) is 0.383. The Bertz CT molecular complexity index is 224. The van der Waals surface area contributed by atoms with Crippen LogP contribution < -0.4 is 11.5 Å². The largest absolute Gasteiger partial charge is 0.454 e. The van der Waals surface area contributed by atoms with Gasteiger partial charge in [0.1, 0.15) is 6.42 Å². The molecule has 0 aromatic heterocycles. The summed E-state index contributed by atoms with van der Waals surface area (Å²) >= 11 is 0. The lowest BCUT2D eigenvalue weighted by Gasteiger charge is -2.16. The van der Waals surface area contributed by atoms with Crippen LogP contribution >= 0.6 is 0 Å². The Morgan fingerprint density at radius 1 is 0.722 bits per heavy atom. The third kappa shape index (κ3) is 10.4. The molecule has 0 spiro atoms. The van der Waals surface area contributed by atoms with Crippen molar-refractivity contribution in [2.75, 3.05) is 6.54 Å². The van der Waals surface area contributed by atoms with E-state index in [0.29, 0.717) is 0 Å². The number of hydrogen-bond acceptors (Lipinski definition) is 2. The number of halogens is 10. The van der Waals surface area contributed by atoms with Crippen LogP contribution in [0.2, 0.25) is 0 Å². The second-order valence-corrected chi connectivity index (χ2v) is 2.96. The van der Waals surface area contributed by atoms with Gasteiger partial charge in [-0.05, 0) is 0 Å². The van der Waals surface area contributed by atoms with Gasteiger partial charge in [-0.2, -0.15) is 43.9 Å². The van der Waals surface area contributed by atoms with Crippen molar-refractivity contribution in [1.29, 1.82) is 0 Å². The van der Waals surface area contributed by atoms with Gasteiger partial charge in [-0.3, -0.25) is 5.73 Å². The molecule has 0 radical (unpaired) electrons. The highest BCUT2D eigenvalue weighted by Crippen LogP contribution is 2.33. The molecule has 0 aromatic rings.